The molecule has 1 fully saturated rings. The number of esters is 1. The number of ether oxygens (including phenoxy) is 1. The van der Waals surface area contributed by atoms with Gasteiger partial charge in [-0.15, -0.1) is 0 Å². The molecule has 2 heteroatoms. The van der Waals surface area contributed by atoms with Crippen molar-refractivity contribution in [2.24, 2.45) is 0 Å². The molecule has 2 spiro atoms. The van der Waals surface area contributed by atoms with Crippen LogP contribution < -0.4 is 0 Å². The Kier molecular flexibility index (Phi) is 2.92. The summed E-state index contributed by atoms with van der Waals surface area (Å²) in [5.74, 6) is -0.104. The highest BCUT2D eigenvalue weighted by atomic mass is 16.5. The second-order valence-electron chi connectivity index (χ2n) is 20.4. The van der Waals surface area contributed by atoms with Crippen molar-refractivity contribution in [3.8, 4) is 11.1 Å². The Balaban J connectivity index is 1.18. The minimum absolute atomic E-state index is 0.104. The van der Waals surface area contributed by atoms with Gasteiger partial charge in [0.15, 0.2) is 0 Å². The summed E-state index contributed by atoms with van der Waals surface area (Å²) in [6.07, 6.45) is 2.14. The van der Waals surface area contributed by atoms with Crippen LogP contribution in [0.4, 0.5) is 0 Å². The summed E-state index contributed by atoms with van der Waals surface area (Å²) in [5, 5.41) is 45.7. The number of carbonyl (C=O) groups excluding carboxylic acids is 1. The summed E-state index contributed by atoms with van der Waals surface area (Å²) in [6.45, 7) is 0. The molecule has 60 heavy (non-hydrogen) atoms. The van der Waals surface area contributed by atoms with Gasteiger partial charge in [-0.1, -0.05) is 54.6 Å². The molecule has 1 saturated carbocycles. The maximum atomic E-state index is 13.2. The van der Waals surface area contributed by atoms with Crippen molar-refractivity contribution in [2.45, 2.75) is 35.5 Å². The number of fused-ring (bicyclic) bond motifs is 5. The van der Waals surface area contributed by atoms with Crippen LogP contribution in [0.1, 0.15) is 47.1 Å². The van der Waals surface area contributed by atoms with Crippen LogP contribution in [0.15, 0.2) is 78.9 Å². The summed E-state index contributed by atoms with van der Waals surface area (Å²) in [7, 11) is 1.55. The first-order chi connectivity index (χ1) is 29.7. The van der Waals surface area contributed by atoms with E-state index in [-0.39, 0.29) is 22.2 Å². The van der Waals surface area contributed by atoms with Crippen LogP contribution in [0.25, 0.3) is 173 Å². The predicted octanol–water partition coefficient (Wildman–Crippen LogP) is 14.3. The van der Waals surface area contributed by atoms with Gasteiger partial charge in [-0.25, -0.2) is 0 Å². The van der Waals surface area contributed by atoms with E-state index in [2.05, 4.69) is 78.9 Å². The molecule has 0 amide bonds. The summed E-state index contributed by atoms with van der Waals surface area (Å²) < 4.78 is 5.38. The number of benzene rings is 12. The maximum absolute atomic E-state index is 13.2. The molecule has 17 aromatic rings. The molecule has 2 nitrogen and oxygen atoms in total. The van der Waals surface area contributed by atoms with Crippen LogP contribution in [0, 0.1) is 0 Å². The smallest absolute Gasteiger partial charge is 0.305 e. The number of methoxy groups -OCH3 is 1. The lowest BCUT2D eigenvalue weighted by atomic mass is 9.68. The van der Waals surface area contributed by atoms with Gasteiger partial charge < -0.3 is 4.74 Å². The number of rotatable bonds is 5. The van der Waals surface area contributed by atoms with Crippen molar-refractivity contribution in [1.29, 1.82) is 0 Å². The Hall–Kier alpha value is -7.03. The summed E-state index contributed by atoms with van der Waals surface area (Å²) >= 11 is 0. The Bertz CT molecular complexity index is 4790. The first-order valence-corrected chi connectivity index (χ1v) is 22.1. The average molecular weight is 751 g/mol. The largest absolute Gasteiger partial charge is 0.469 e. The van der Waals surface area contributed by atoms with E-state index in [4.69, 9.17) is 4.74 Å². The lowest BCUT2D eigenvalue weighted by Crippen LogP contribution is -2.26. The molecular formula is C58H22O2. The van der Waals surface area contributed by atoms with Gasteiger partial charge in [-0.3, -0.25) is 4.79 Å². The summed E-state index contributed by atoms with van der Waals surface area (Å²) in [6, 6.07) is 32.3. The lowest BCUT2D eigenvalue weighted by Gasteiger charge is -2.32. The van der Waals surface area contributed by atoms with Crippen LogP contribution in [-0.2, 0) is 25.8 Å². The summed E-state index contributed by atoms with van der Waals surface area (Å²) in [4.78, 5) is 13.2. The molecular weight excluding hydrogens is 729 g/mol. The minimum atomic E-state index is -0.309. The van der Waals surface area contributed by atoms with E-state index in [1.807, 2.05) is 0 Å². The lowest BCUT2D eigenvalue weighted by molar-refractivity contribution is -0.140. The van der Waals surface area contributed by atoms with Crippen molar-refractivity contribution in [2.75, 3.05) is 7.11 Å². The van der Waals surface area contributed by atoms with Crippen molar-refractivity contribution in [1.82, 2.24) is 0 Å². The Morgan fingerprint density at radius 2 is 0.867 bits per heavy atom. The zero-order chi connectivity index (χ0) is 37.5. The maximum Gasteiger partial charge on any atom is 0.305 e. The van der Waals surface area contributed by atoms with Crippen LogP contribution in [0.5, 0.6) is 0 Å². The van der Waals surface area contributed by atoms with E-state index in [9.17, 15) is 4.79 Å². The molecule has 0 aromatic heterocycles. The first kappa shape index (κ1) is 26.1. The third-order valence-corrected chi connectivity index (χ3v) is 19.7. The zero-order valence-electron chi connectivity index (χ0n) is 31.9. The van der Waals surface area contributed by atoms with E-state index >= 15 is 0 Å². The molecule has 22 rings (SSSR count). The second-order valence-corrected chi connectivity index (χ2v) is 20.4. The second kappa shape index (κ2) is 6.70. The highest BCUT2D eigenvalue weighted by molar-refractivity contribution is 6.68. The van der Waals surface area contributed by atoms with E-state index < -0.39 is 0 Å². The number of hydrogen-bond acceptors (Lipinski definition) is 2. The van der Waals surface area contributed by atoms with Gasteiger partial charge in [-0.05, 0) is 238 Å². The van der Waals surface area contributed by atoms with E-state index in [0.717, 1.165) is 12.8 Å². The molecule has 0 bridgehead atoms. The molecule has 0 radical (unpaired) electrons. The fraction of sp³-hybridized carbons (Fsp3) is 0.121. The minimum Gasteiger partial charge on any atom is -0.469 e. The van der Waals surface area contributed by atoms with Gasteiger partial charge in [0.25, 0.3) is 0 Å². The van der Waals surface area contributed by atoms with E-state index in [0.29, 0.717) is 6.42 Å². The molecule has 0 saturated heterocycles. The molecule has 0 aliphatic heterocycles. The SMILES string of the molecule is COC(=O)CCCC1(c2ccccc2)C23c4c5ccc6c7cc8c9cc%10cc%11c%12cc%13c%14ccc-5c2c%14c2c5c%14c%15c(c(c46)c7c4c8c9c6c%10c7c%11c%12c(c%132)c%14c7c6c%154)C513. The Morgan fingerprint density at radius 3 is 1.42 bits per heavy atom. The predicted molar refractivity (Wildman–Crippen MR) is 247 cm³/mol. The third kappa shape index (κ3) is 1.68. The standard InChI is InChI=1S/C58H22O2/c1-60-30(59)8-5-13-56(19-6-3-2-4-7-19)57-52-22-11-9-20-26-16-28-24-14-18-15-25-29-17-27-21-10-12-23(22)53(57)39(21)49-37(27)43-35(29)33(25)41-31(18)40-32(24)34(28)42-36(26)48(38(20)52)54-50-46(42)44(40)45(41)47(43)51(50)55(49)58(54,56)57/h2-4,6-7,9-12,14-17H,5,8,13H2,1H3. The monoisotopic (exact) mass is 750 g/mol. The van der Waals surface area contributed by atoms with Crippen LogP contribution in [0.2, 0.25) is 0 Å². The molecule has 5 aliphatic carbocycles. The molecule has 0 heterocycles. The molecule has 1 unspecified atom stereocenters. The van der Waals surface area contributed by atoms with Gasteiger partial charge in [0.05, 0.1) is 7.11 Å². The Labute approximate surface area is 336 Å². The van der Waals surface area contributed by atoms with Crippen molar-refractivity contribution >= 4 is 168 Å². The van der Waals surface area contributed by atoms with Crippen LogP contribution >= 0.6 is 0 Å². The Morgan fingerprint density at radius 1 is 0.433 bits per heavy atom. The molecule has 0 N–H and O–H groups in total. The average Bonchev–Trinajstić information content (AvgIpc) is 3.83. The fourth-order valence-corrected chi connectivity index (χ4v) is 18.8. The fourth-order valence-electron chi connectivity index (χ4n) is 18.8. The van der Waals surface area contributed by atoms with Gasteiger partial charge in [0.2, 0.25) is 0 Å². The molecule has 266 valence electrons. The molecule has 17 aromatic carbocycles. The summed E-state index contributed by atoms with van der Waals surface area (Å²) in [5.41, 5.74) is 9.92. The van der Waals surface area contributed by atoms with E-state index in [1.54, 1.807) is 94.0 Å². The van der Waals surface area contributed by atoms with Gasteiger partial charge in [0, 0.05) is 22.7 Å². The highest BCUT2D eigenvalue weighted by Crippen LogP contribution is 2.95. The highest BCUT2D eigenvalue weighted by Gasteiger charge is 2.94. The van der Waals surface area contributed by atoms with Gasteiger partial charge in [0.1, 0.15) is 0 Å². The normalized spacial score (nSPS) is 23.6. The topological polar surface area (TPSA) is 26.3 Å². The quantitative estimate of drug-likeness (QED) is 0.0995. The van der Waals surface area contributed by atoms with E-state index in [1.165, 1.54) is 114 Å². The molecule has 5 aliphatic rings. The van der Waals surface area contributed by atoms with Gasteiger partial charge in [-0.2, -0.15) is 0 Å². The third-order valence-electron chi connectivity index (χ3n) is 19.7. The van der Waals surface area contributed by atoms with Crippen molar-refractivity contribution in [3.63, 3.8) is 0 Å². The first-order valence-electron chi connectivity index (χ1n) is 22.1. The zero-order valence-corrected chi connectivity index (χ0v) is 31.9. The number of hydrogen-bond donors (Lipinski definition) is 0. The van der Waals surface area contributed by atoms with Crippen LogP contribution in [-0.4, -0.2) is 13.1 Å². The van der Waals surface area contributed by atoms with Crippen molar-refractivity contribution in [3.05, 3.63) is 107 Å². The molecule has 1 atom stereocenters. The van der Waals surface area contributed by atoms with Crippen molar-refractivity contribution < 1.29 is 9.53 Å². The van der Waals surface area contributed by atoms with Crippen LogP contribution in [0.3, 0.4) is 0 Å². The number of carbonyl (C=O) groups is 1. The van der Waals surface area contributed by atoms with Gasteiger partial charge >= 0.3 is 5.97 Å².